The van der Waals surface area contributed by atoms with Crippen molar-refractivity contribution in [1.82, 2.24) is 4.31 Å². The molecule has 1 aliphatic heterocycles. The fraction of sp³-hybridized carbons (Fsp3) is 0.286. The van der Waals surface area contributed by atoms with Gasteiger partial charge in [0.2, 0.25) is 0 Å². The monoisotopic (exact) mass is 486 g/mol. The van der Waals surface area contributed by atoms with Crippen LogP contribution in [0.3, 0.4) is 0 Å². The zero-order valence-electron chi connectivity index (χ0n) is 16.6. The molecular weight excluding hydrogens is 468 g/mol. The van der Waals surface area contributed by atoms with Gasteiger partial charge in [-0.3, -0.25) is 4.79 Å². The Morgan fingerprint density at radius 1 is 1.09 bits per heavy atom. The molecule has 170 valence electrons. The summed E-state index contributed by atoms with van der Waals surface area (Å²) in [6.07, 6.45) is -4.86. The van der Waals surface area contributed by atoms with Gasteiger partial charge in [0.25, 0.3) is 0 Å². The Kier molecular flexibility index (Phi) is 6.24. The van der Waals surface area contributed by atoms with Crippen molar-refractivity contribution >= 4 is 44.1 Å². The molecule has 3 aromatic rings. The molecule has 1 unspecified atom stereocenters. The Hall–Kier alpha value is -2.50. The lowest BCUT2D eigenvalue weighted by molar-refractivity contribution is -0.140. The molecule has 0 aliphatic carbocycles. The van der Waals surface area contributed by atoms with Crippen LogP contribution < -0.4 is 4.90 Å². The molecule has 0 bridgehead atoms. The molecule has 1 N–H and O–H groups in total. The zero-order valence-corrected chi connectivity index (χ0v) is 18.2. The fourth-order valence-corrected chi connectivity index (χ4v) is 5.80. The molecule has 1 aliphatic rings. The fourth-order valence-electron chi connectivity index (χ4n) is 3.66. The number of aliphatic carboxylic acids is 1. The number of nitrogens with zero attached hydrogens (tertiary/aromatic N) is 2. The van der Waals surface area contributed by atoms with E-state index in [-0.39, 0.29) is 6.42 Å². The molecule has 1 atom stereocenters. The smallest absolute Gasteiger partial charge is 0.419 e. The SMILES string of the molecule is O=C(O)Cc1csc2ccc(S(=O)N3CCN(c4ccc(C(F)(F)F)c(F)c4)CC3)cc12. The highest BCUT2D eigenvalue weighted by molar-refractivity contribution is 7.82. The number of hydrogen-bond donors (Lipinski definition) is 1. The summed E-state index contributed by atoms with van der Waals surface area (Å²) in [6.45, 7) is 1.50. The summed E-state index contributed by atoms with van der Waals surface area (Å²) in [6, 6.07) is 8.17. The van der Waals surface area contributed by atoms with E-state index in [2.05, 4.69) is 0 Å². The number of fused-ring (bicyclic) bond motifs is 1. The second-order valence-electron chi connectivity index (χ2n) is 7.32. The van der Waals surface area contributed by atoms with Gasteiger partial charge in [0.05, 0.1) is 16.9 Å². The molecule has 32 heavy (non-hydrogen) atoms. The minimum Gasteiger partial charge on any atom is -0.481 e. The lowest BCUT2D eigenvalue weighted by Gasteiger charge is -2.35. The molecule has 0 saturated carbocycles. The van der Waals surface area contributed by atoms with Gasteiger partial charge in [-0.25, -0.2) is 12.9 Å². The van der Waals surface area contributed by atoms with Crippen LogP contribution in [0.2, 0.25) is 0 Å². The Morgan fingerprint density at radius 3 is 2.44 bits per heavy atom. The van der Waals surface area contributed by atoms with Crippen LogP contribution in [0.25, 0.3) is 10.1 Å². The Labute approximate surface area is 187 Å². The van der Waals surface area contributed by atoms with E-state index < -0.39 is 34.5 Å². The number of benzene rings is 2. The normalized spacial score (nSPS) is 16.4. The van der Waals surface area contributed by atoms with Crippen molar-refractivity contribution in [3.8, 4) is 0 Å². The van der Waals surface area contributed by atoms with Gasteiger partial charge >= 0.3 is 12.1 Å². The van der Waals surface area contributed by atoms with Gasteiger partial charge in [-0.15, -0.1) is 11.3 Å². The summed E-state index contributed by atoms with van der Waals surface area (Å²) < 4.78 is 67.9. The summed E-state index contributed by atoms with van der Waals surface area (Å²) in [7, 11) is -1.48. The van der Waals surface area contributed by atoms with Crippen LogP contribution in [0.15, 0.2) is 46.7 Å². The number of carboxylic acid groups (broad SMARTS) is 1. The van der Waals surface area contributed by atoms with Crippen molar-refractivity contribution in [2.75, 3.05) is 31.1 Å². The summed E-state index contributed by atoms with van der Waals surface area (Å²) in [4.78, 5) is 13.4. The van der Waals surface area contributed by atoms with Gasteiger partial charge in [0.1, 0.15) is 16.8 Å². The number of carbonyl (C=O) groups is 1. The molecule has 4 rings (SSSR count). The highest BCUT2D eigenvalue weighted by Gasteiger charge is 2.34. The Bertz CT molecular complexity index is 1190. The average Bonchev–Trinajstić information content (AvgIpc) is 3.13. The molecule has 2 aromatic carbocycles. The van der Waals surface area contributed by atoms with Gasteiger partial charge in [0.15, 0.2) is 0 Å². The third kappa shape index (κ3) is 4.64. The van der Waals surface area contributed by atoms with Crippen LogP contribution in [-0.4, -0.2) is 45.8 Å². The summed E-state index contributed by atoms with van der Waals surface area (Å²) in [5, 5.41) is 11.6. The third-order valence-electron chi connectivity index (χ3n) is 5.26. The van der Waals surface area contributed by atoms with Crippen LogP contribution in [0, 0.1) is 5.82 Å². The molecule has 1 fully saturated rings. The van der Waals surface area contributed by atoms with E-state index in [4.69, 9.17) is 5.11 Å². The largest absolute Gasteiger partial charge is 0.481 e. The highest BCUT2D eigenvalue weighted by Crippen LogP contribution is 2.34. The van der Waals surface area contributed by atoms with Crippen molar-refractivity contribution in [2.45, 2.75) is 17.5 Å². The first-order chi connectivity index (χ1) is 15.1. The van der Waals surface area contributed by atoms with Gasteiger partial charge in [-0.2, -0.15) is 13.2 Å². The maximum absolute atomic E-state index is 13.9. The first kappa shape index (κ1) is 22.7. The van der Waals surface area contributed by atoms with Crippen LogP contribution in [0.1, 0.15) is 11.1 Å². The highest BCUT2D eigenvalue weighted by atomic mass is 32.2. The number of piperazine rings is 1. The first-order valence-corrected chi connectivity index (χ1v) is 11.6. The predicted molar refractivity (Wildman–Crippen MR) is 115 cm³/mol. The zero-order chi connectivity index (χ0) is 23.0. The van der Waals surface area contributed by atoms with E-state index in [1.807, 2.05) is 6.07 Å². The average molecular weight is 487 g/mol. The van der Waals surface area contributed by atoms with Crippen molar-refractivity contribution in [3.63, 3.8) is 0 Å². The second-order valence-corrected chi connectivity index (χ2v) is 9.71. The van der Waals surface area contributed by atoms with Gasteiger partial charge in [0, 0.05) is 36.6 Å². The van der Waals surface area contributed by atoms with E-state index in [0.29, 0.717) is 42.3 Å². The Balaban J connectivity index is 1.46. The number of carboxylic acids is 1. The van der Waals surface area contributed by atoms with E-state index in [0.717, 1.165) is 22.2 Å². The standard InChI is InChI=1S/C21H18F4N2O3S2/c22-18-10-14(1-3-17(18)21(23,24)25)26-5-7-27(8-6-26)32(30)15-2-4-19-16(11-15)13(12-31-19)9-20(28)29/h1-4,10-12H,5-9H2,(H,28,29). The second kappa shape index (κ2) is 8.80. The molecule has 11 heteroatoms. The number of rotatable bonds is 5. The summed E-state index contributed by atoms with van der Waals surface area (Å²) in [5.41, 5.74) is -0.281. The summed E-state index contributed by atoms with van der Waals surface area (Å²) in [5.74, 6) is -2.26. The lowest BCUT2D eigenvalue weighted by atomic mass is 10.1. The Morgan fingerprint density at radius 2 is 1.81 bits per heavy atom. The topological polar surface area (TPSA) is 60.9 Å². The maximum atomic E-state index is 13.9. The van der Waals surface area contributed by atoms with E-state index in [9.17, 15) is 26.6 Å². The molecule has 1 saturated heterocycles. The number of hydrogen-bond acceptors (Lipinski definition) is 4. The van der Waals surface area contributed by atoms with Gasteiger partial charge in [-0.1, -0.05) is 0 Å². The maximum Gasteiger partial charge on any atom is 0.419 e. The predicted octanol–water partition coefficient (Wildman–Crippen LogP) is 4.53. The number of thiophene rings is 1. The van der Waals surface area contributed by atoms with Gasteiger partial charge < -0.3 is 10.0 Å². The van der Waals surface area contributed by atoms with E-state index in [1.165, 1.54) is 17.4 Å². The minimum absolute atomic E-state index is 0.113. The van der Waals surface area contributed by atoms with Crippen molar-refractivity contribution in [2.24, 2.45) is 0 Å². The molecule has 5 nitrogen and oxygen atoms in total. The first-order valence-electron chi connectivity index (χ1n) is 9.64. The quantitative estimate of drug-likeness (QED) is 0.539. The molecular formula is C21H18F4N2O3S2. The molecule has 1 aromatic heterocycles. The van der Waals surface area contributed by atoms with E-state index >= 15 is 0 Å². The van der Waals surface area contributed by atoms with Crippen LogP contribution >= 0.6 is 11.3 Å². The van der Waals surface area contributed by atoms with Crippen molar-refractivity contribution < 1.29 is 31.7 Å². The van der Waals surface area contributed by atoms with Crippen LogP contribution in [0.4, 0.5) is 23.2 Å². The van der Waals surface area contributed by atoms with Crippen molar-refractivity contribution in [3.05, 3.63) is 58.7 Å². The molecule has 2 heterocycles. The van der Waals surface area contributed by atoms with Crippen LogP contribution in [-0.2, 0) is 28.4 Å². The molecule has 0 amide bonds. The lowest BCUT2D eigenvalue weighted by Crippen LogP contribution is -2.47. The third-order valence-corrected chi connectivity index (χ3v) is 7.77. The van der Waals surface area contributed by atoms with E-state index in [1.54, 1.807) is 26.7 Å². The van der Waals surface area contributed by atoms with Crippen LogP contribution in [0.5, 0.6) is 0 Å². The summed E-state index contributed by atoms with van der Waals surface area (Å²) >= 11 is 1.43. The van der Waals surface area contributed by atoms with Gasteiger partial charge in [-0.05, 0) is 52.7 Å². The molecule has 0 radical (unpaired) electrons. The minimum atomic E-state index is -4.74. The molecule has 0 spiro atoms. The number of halogens is 4. The number of anilines is 1. The number of alkyl halides is 3. The van der Waals surface area contributed by atoms with Crippen molar-refractivity contribution in [1.29, 1.82) is 0 Å².